The lowest BCUT2D eigenvalue weighted by molar-refractivity contribution is 0.0374. The highest BCUT2D eigenvalue weighted by Crippen LogP contribution is 2.31. The molecule has 138 valence electrons. The summed E-state index contributed by atoms with van der Waals surface area (Å²) in [5.41, 5.74) is 2.84. The lowest BCUT2D eigenvalue weighted by Crippen LogP contribution is -2.41. The maximum absolute atomic E-state index is 5.41. The van der Waals surface area contributed by atoms with Crippen molar-refractivity contribution in [3.8, 4) is 0 Å². The number of allylic oxidation sites excluding steroid dienone is 1. The van der Waals surface area contributed by atoms with Gasteiger partial charge in [0.05, 0.1) is 19.8 Å². The van der Waals surface area contributed by atoms with E-state index in [2.05, 4.69) is 25.6 Å². The molecular formula is C17H28N6OS. The second-order valence-corrected chi connectivity index (χ2v) is 7.70. The predicted molar refractivity (Wildman–Crippen MR) is 100.0 cm³/mol. The van der Waals surface area contributed by atoms with Crippen molar-refractivity contribution in [2.24, 2.45) is 0 Å². The van der Waals surface area contributed by atoms with Gasteiger partial charge in [-0.15, -0.1) is 5.10 Å². The third-order valence-electron chi connectivity index (χ3n) is 5.27. The Hall–Kier alpha value is -1.09. The number of hydrogen-bond donors (Lipinski definition) is 2. The molecule has 3 aliphatic rings. The molecule has 0 bridgehead atoms. The maximum Gasteiger partial charge on any atom is 0.226 e. The van der Waals surface area contributed by atoms with Crippen LogP contribution in [0, 0.1) is 0 Å². The van der Waals surface area contributed by atoms with Crippen molar-refractivity contribution in [2.75, 3.05) is 51.0 Å². The summed E-state index contributed by atoms with van der Waals surface area (Å²) in [5.74, 6) is 0.894. The molecule has 2 N–H and O–H groups in total. The highest BCUT2D eigenvalue weighted by Gasteiger charge is 2.28. The van der Waals surface area contributed by atoms with Crippen LogP contribution in [0.4, 0.5) is 5.95 Å². The number of ether oxygens (including phenoxy) is 1. The molecule has 1 saturated heterocycles. The van der Waals surface area contributed by atoms with Crippen LogP contribution in [0.25, 0.3) is 0 Å². The van der Waals surface area contributed by atoms with E-state index in [1.807, 2.05) is 10.9 Å². The van der Waals surface area contributed by atoms with Crippen molar-refractivity contribution in [3.05, 3.63) is 11.3 Å². The Labute approximate surface area is 153 Å². The van der Waals surface area contributed by atoms with E-state index in [-0.39, 0.29) is 0 Å². The summed E-state index contributed by atoms with van der Waals surface area (Å²) in [6.07, 6.45) is 6.83. The van der Waals surface area contributed by atoms with Gasteiger partial charge in [-0.2, -0.15) is 4.98 Å². The van der Waals surface area contributed by atoms with E-state index in [0.717, 1.165) is 57.0 Å². The molecule has 0 saturated carbocycles. The lowest BCUT2D eigenvalue weighted by atomic mass is 9.91. The van der Waals surface area contributed by atoms with Gasteiger partial charge in [-0.1, -0.05) is 11.8 Å². The topological polar surface area (TPSA) is 67.2 Å². The molecule has 1 atom stereocenters. The Bertz CT molecular complexity index is 625. The third kappa shape index (κ3) is 4.02. The van der Waals surface area contributed by atoms with Crippen molar-refractivity contribution >= 4 is 17.7 Å². The SMILES string of the molecule is CSc1nc2n(n1)CC1=C(N2)C(NCCCN2CCOCC2)CCC1. The molecule has 1 aromatic rings. The van der Waals surface area contributed by atoms with Gasteiger partial charge < -0.3 is 15.4 Å². The Balaban J connectivity index is 1.31. The highest BCUT2D eigenvalue weighted by atomic mass is 32.2. The van der Waals surface area contributed by atoms with Gasteiger partial charge in [-0.3, -0.25) is 4.90 Å². The number of anilines is 1. The molecule has 1 unspecified atom stereocenters. The minimum absolute atomic E-state index is 0.427. The summed E-state index contributed by atoms with van der Waals surface area (Å²) in [5, 5.41) is 12.7. The first-order valence-electron chi connectivity index (χ1n) is 9.35. The van der Waals surface area contributed by atoms with E-state index in [1.165, 1.54) is 37.0 Å². The minimum Gasteiger partial charge on any atom is -0.379 e. The van der Waals surface area contributed by atoms with E-state index in [0.29, 0.717) is 6.04 Å². The molecule has 7 nitrogen and oxygen atoms in total. The van der Waals surface area contributed by atoms with Crippen LogP contribution in [0.3, 0.4) is 0 Å². The quantitative estimate of drug-likeness (QED) is 0.586. The van der Waals surface area contributed by atoms with E-state index >= 15 is 0 Å². The van der Waals surface area contributed by atoms with Gasteiger partial charge in [0.2, 0.25) is 11.1 Å². The molecule has 0 amide bonds. The van der Waals surface area contributed by atoms with Crippen LogP contribution >= 0.6 is 11.8 Å². The number of morpholine rings is 1. The van der Waals surface area contributed by atoms with Crippen LogP contribution in [0.5, 0.6) is 0 Å². The van der Waals surface area contributed by atoms with E-state index < -0.39 is 0 Å². The zero-order chi connectivity index (χ0) is 17.1. The Morgan fingerprint density at radius 2 is 2.24 bits per heavy atom. The first kappa shape index (κ1) is 17.3. The number of rotatable bonds is 6. The maximum atomic E-state index is 5.41. The van der Waals surface area contributed by atoms with Crippen LogP contribution in [0.1, 0.15) is 25.7 Å². The zero-order valence-corrected chi connectivity index (χ0v) is 15.8. The molecule has 8 heteroatoms. The van der Waals surface area contributed by atoms with Gasteiger partial charge >= 0.3 is 0 Å². The minimum atomic E-state index is 0.427. The number of hydrogen-bond acceptors (Lipinski definition) is 7. The molecule has 2 aliphatic heterocycles. The molecule has 1 aromatic heterocycles. The van der Waals surface area contributed by atoms with Crippen molar-refractivity contribution < 1.29 is 4.74 Å². The van der Waals surface area contributed by atoms with Crippen molar-refractivity contribution in [1.29, 1.82) is 0 Å². The number of thioether (sulfide) groups is 1. The van der Waals surface area contributed by atoms with E-state index in [9.17, 15) is 0 Å². The van der Waals surface area contributed by atoms with Crippen LogP contribution in [0.15, 0.2) is 16.4 Å². The van der Waals surface area contributed by atoms with Gasteiger partial charge in [0.15, 0.2) is 0 Å². The molecule has 4 rings (SSSR count). The summed E-state index contributed by atoms with van der Waals surface area (Å²) in [6.45, 7) is 7.03. The van der Waals surface area contributed by atoms with Gasteiger partial charge in [-0.05, 0) is 50.6 Å². The van der Waals surface area contributed by atoms with Crippen molar-refractivity contribution in [3.63, 3.8) is 0 Å². The highest BCUT2D eigenvalue weighted by molar-refractivity contribution is 7.98. The monoisotopic (exact) mass is 364 g/mol. The largest absolute Gasteiger partial charge is 0.379 e. The molecule has 0 radical (unpaired) electrons. The number of nitrogens with one attached hydrogen (secondary N) is 2. The fourth-order valence-electron chi connectivity index (χ4n) is 3.90. The van der Waals surface area contributed by atoms with E-state index in [1.54, 1.807) is 11.8 Å². The summed E-state index contributed by atoms with van der Waals surface area (Å²) in [7, 11) is 0. The fraction of sp³-hybridized carbons (Fsp3) is 0.765. The Kier molecular flexibility index (Phi) is 5.60. The van der Waals surface area contributed by atoms with Crippen molar-refractivity contribution in [2.45, 2.75) is 43.4 Å². The fourth-order valence-corrected chi connectivity index (χ4v) is 4.26. The van der Waals surface area contributed by atoms with E-state index in [4.69, 9.17) is 4.74 Å². The normalized spacial score (nSPS) is 24.0. The Morgan fingerprint density at radius 1 is 1.36 bits per heavy atom. The van der Waals surface area contributed by atoms with Crippen LogP contribution in [-0.2, 0) is 11.3 Å². The molecule has 3 heterocycles. The summed E-state index contributed by atoms with van der Waals surface area (Å²) in [6, 6.07) is 0.427. The lowest BCUT2D eigenvalue weighted by Gasteiger charge is -2.33. The van der Waals surface area contributed by atoms with Crippen LogP contribution < -0.4 is 10.6 Å². The van der Waals surface area contributed by atoms with Gasteiger partial charge in [0.1, 0.15) is 0 Å². The van der Waals surface area contributed by atoms with Crippen LogP contribution in [0.2, 0.25) is 0 Å². The average Bonchev–Trinajstić information content (AvgIpc) is 3.06. The zero-order valence-electron chi connectivity index (χ0n) is 15.0. The van der Waals surface area contributed by atoms with Crippen molar-refractivity contribution in [1.82, 2.24) is 25.0 Å². The predicted octanol–water partition coefficient (Wildman–Crippen LogP) is 1.54. The van der Waals surface area contributed by atoms with Gasteiger partial charge in [0, 0.05) is 24.8 Å². The second kappa shape index (κ2) is 8.07. The second-order valence-electron chi connectivity index (χ2n) is 6.93. The molecule has 1 fully saturated rings. The Morgan fingerprint density at radius 3 is 3.08 bits per heavy atom. The number of nitrogens with zero attached hydrogens (tertiary/aromatic N) is 4. The van der Waals surface area contributed by atoms with Gasteiger partial charge in [-0.25, -0.2) is 4.68 Å². The molecule has 0 aromatic carbocycles. The smallest absolute Gasteiger partial charge is 0.226 e. The summed E-state index contributed by atoms with van der Waals surface area (Å²) in [4.78, 5) is 7.08. The average molecular weight is 365 g/mol. The first-order chi connectivity index (χ1) is 12.3. The van der Waals surface area contributed by atoms with Gasteiger partial charge in [0.25, 0.3) is 0 Å². The third-order valence-corrected chi connectivity index (χ3v) is 5.81. The summed E-state index contributed by atoms with van der Waals surface area (Å²) < 4.78 is 7.42. The standard InChI is InChI=1S/C17H28N6OS/c1-25-17-20-16-19-15-13(12-23(16)21-17)4-2-5-14(15)18-6-3-7-22-8-10-24-11-9-22/h14,18H,2-12H2,1H3,(H,19,20,21). The molecular weight excluding hydrogens is 336 g/mol. The van der Waals surface area contributed by atoms with Crippen LogP contribution in [-0.4, -0.2) is 71.4 Å². The number of aromatic nitrogens is 3. The molecule has 25 heavy (non-hydrogen) atoms. The summed E-state index contributed by atoms with van der Waals surface area (Å²) >= 11 is 1.60. The molecule has 1 aliphatic carbocycles. The molecule has 0 spiro atoms. The number of fused-ring (bicyclic) bond motifs is 1. The first-order valence-corrected chi connectivity index (χ1v) is 10.6.